The van der Waals surface area contributed by atoms with Gasteiger partial charge in [0.25, 0.3) is 0 Å². The first-order valence-electron chi connectivity index (χ1n) is 6.02. The highest BCUT2D eigenvalue weighted by Gasteiger charge is 2.20. The molecule has 0 aliphatic heterocycles. The molecule has 2 aromatic rings. The molecule has 1 aromatic heterocycles. The molecular weight excluding hydrogens is 262 g/mol. The van der Waals surface area contributed by atoms with E-state index in [0.29, 0.717) is 5.15 Å². The van der Waals surface area contributed by atoms with Crippen LogP contribution in [0.2, 0.25) is 5.15 Å². The van der Waals surface area contributed by atoms with Crippen molar-refractivity contribution < 1.29 is 4.79 Å². The SMILES string of the molecule is Cc1nn(C)c(Cl)c1CC(=O)[C@H](N)c1ccccc1. The average Bonchev–Trinajstić information content (AvgIpc) is 2.65. The molecule has 0 radical (unpaired) electrons. The summed E-state index contributed by atoms with van der Waals surface area (Å²) in [5, 5.41) is 4.68. The molecule has 1 heterocycles. The third-order valence-corrected chi connectivity index (χ3v) is 3.60. The lowest BCUT2D eigenvalue weighted by molar-refractivity contribution is -0.119. The van der Waals surface area contributed by atoms with E-state index < -0.39 is 6.04 Å². The van der Waals surface area contributed by atoms with Crippen molar-refractivity contribution in [1.29, 1.82) is 0 Å². The third-order valence-electron chi connectivity index (χ3n) is 3.13. The second-order valence-electron chi connectivity index (χ2n) is 4.51. The van der Waals surface area contributed by atoms with Gasteiger partial charge < -0.3 is 5.73 Å². The van der Waals surface area contributed by atoms with Crippen molar-refractivity contribution in [3.63, 3.8) is 0 Å². The number of aryl methyl sites for hydroxylation is 2. The first kappa shape index (κ1) is 13.8. The van der Waals surface area contributed by atoms with E-state index in [1.165, 1.54) is 0 Å². The Balaban J connectivity index is 2.18. The van der Waals surface area contributed by atoms with Crippen LogP contribution in [0.1, 0.15) is 22.9 Å². The number of hydrogen-bond donors (Lipinski definition) is 1. The Hall–Kier alpha value is -1.65. The smallest absolute Gasteiger partial charge is 0.158 e. The highest BCUT2D eigenvalue weighted by molar-refractivity contribution is 6.30. The summed E-state index contributed by atoms with van der Waals surface area (Å²) in [6.07, 6.45) is 0.203. The van der Waals surface area contributed by atoms with E-state index in [1.807, 2.05) is 37.3 Å². The molecule has 4 nitrogen and oxygen atoms in total. The number of halogens is 1. The number of nitrogens with zero attached hydrogens (tertiary/aromatic N) is 2. The van der Waals surface area contributed by atoms with Gasteiger partial charge in [-0.2, -0.15) is 5.10 Å². The van der Waals surface area contributed by atoms with E-state index in [4.69, 9.17) is 17.3 Å². The minimum atomic E-state index is -0.628. The standard InChI is InChI=1S/C14H16ClN3O/c1-9-11(14(15)18(2)17-9)8-12(19)13(16)10-6-4-3-5-7-10/h3-7,13H,8,16H2,1-2H3/t13-/m1/s1. The second kappa shape index (κ2) is 5.55. The van der Waals surface area contributed by atoms with Gasteiger partial charge >= 0.3 is 0 Å². The zero-order valence-corrected chi connectivity index (χ0v) is 11.7. The topological polar surface area (TPSA) is 60.9 Å². The summed E-state index contributed by atoms with van der Waals surface area (Å²) in [7, 11) is 1.75. The van der Waals surface area contributed by atoms with Crippen LogP contribution in [0.5, 0.6) is 0 Å². The Kier molecular flexibility index (Phi) is 4.02. The van der Waals surface area contributed by atoms with Gasteiger partial charge in [-0.15, -0.1) is 0 Å². The molecule has 0 amide bonds. The van der Waals surface area contributed by atoms with Gasteiger partial charge in [0.2, 0.25) is 0 Å². The summed E-state index contributed by atoms with van der Waals surface area (Å²) < 4.78 is 1.56. The van der Waals surface area contributed by atoms with Crippen LogP contribution in [-0.4, -0.2) is 15.6 Å². The van der Waals surface area contributed by atoms with Gasteiger partial charge in [-0.05, 0) is 12.5 Å². The maximum Gasteiger partial charge on any atom is 0.158 e. The lowest BCUT2D eigenvalue weighted by Crippen LogP contribution is -2.23. The maximum atomic E-state index is 12.2. The lowest BCUT2D eigenvalue weighted by atomic mass is 9.99. The number of carbonyl (C=O) groups excluding carboxylic acids is 1. The van der Waals surface area contributed by atoms with E-state index in [1.54, 1.807) is 11.7 Å². The van der Waals surface area contributed by atoms with Crippen LogP contribution in [0, 0.1) is 6.92 Å². The number of aromatic nitrogens is 2. The quantitative estimate of drug-likeness (QED) is 0.932. The van der Waals surface area contributed by atoms with E-state index in [-0.39, 0.29) is 12.2 Å². The number of Topliss-reactive ketones (excluding diaryl/α,β-unsaturated/α-hetero) is 1. The second-order valence-corrected chi connectivity index (χ2v) is 4.87. The molecule has 1 aromatic carbocycles. The molecule has 0 bridgehead atoms. The zero-order chi connectivity index (χ0) is 14.0. The van der Waals surface area contributed by atoms with Gasteiger partial charge in [-0.1, -0.05) is 41.9 Å². The molecular formula is C14H16ClN3O. The van der Waals surface area contributed by atoms with Crippen LogP contribution in [0.25, 0.3) is 0 Å². The molecule has 0 fully saturated rings. The van der Waals surface area contributed by atoms with E-state index in [9.17, 15) is 4.79 Å². The zero-order valence-electron chi connectivity index (χ0n) is 10.9. The van der Waals surface area contributed by atoms with Crippen molar-refractivity contribution in [2.45, 2.75) is 19.4 Å². The fourth-order valence-corrected chi connectivity index (χ4v) is 2.25. The molecule has 0 aliphatic carbocycles. The molecule has 5 heteroatoms. The molecule has 100 valence electrons. The number of benzene rings is 1. The number of hydrogen-bond acceptors (Lipinski definition) is 3. The fourth-order valence-electron chi connectivity index (χ4n) is 2.01. The first-order valence-corrected chi connectivity index (χ1v) is 6.39. The van der Waals surface area contributed by atoms with Crippen LogP contribution >= 0.6 is 11.6 Å². The van der Waals surface area contributed by atoms with Crippen molar-refractivity contribution in [3.8, 4) is 0 Å². The number of rotatable bonds is 4. The first-order chi connectivity index (χ1) is 9.00. The predicted octanol–water partition coefficient (Wildman–Crippen LogP) is 2.19. The molecule has 0 saturated heterocycles. The van der Waals surface area contributed by atoms with Crippen molar-refractivity contribution >= 4 is 17.4 Å². The van der Waals surface area contributed by atoms with Crippen molar-refractivity contribution in [2.24, 2.45) is 12.8 Å². The molecule has 1 atom stereocenters. The molecule has 2 rings (SSSR count). The average molecular weight is 278 g/mol. The van der Waals surface area contributed by atoms with Crippen LogP contribution in [0.15, 0.2) is 30.3 Å². The Bertz CT molecular complexity index is 592. The fraction of sp³-hybridized carbons (Fsp3) is 0.286. The Morgan fingerprint density at radius 2 is 2.05 bits per heavy atom. The number of nitrogens with two attached hydrogens (primary N) is 1. The summed E-state index contributed by atoms with van der Waals surface area (Å²) in [4.78, 5) is 12.2. The predicted molar refractivity (Wildman–Crippen MR) is 75.0 cm³/mol. The molecule has 19 heavy (non-hydrogen) atoms. The van der Waals surface area contributed by atoms with Gasteiger partial charge in [-0.25, -0.2) is 0 Å². The van der Waals surface area contributed by atoms with Gasteiger partial charge in [-0.3, -0.25) is 9.48 Å². The van der Waals surface area contributed by atoms with Crippen molar-refractivity contribution in [3.05, 3.63) is 52.3 Å². The van der Waals surface area contributed by atoms with Crippen LogP contribution < -0.4 is 5.73 Å². The summed E-state index contributed by atoms with van der Waals surface area (Å²) in [5.74, 6) is -0.0656. The summed E-state index contributed by atoms with van der Waals surface area (Å²) >= 11 is 6.12. The van der Waals surface area contributed by atoms with Crippen LogP contribution in [0.4, 0.5) is 0 Å². The van der Waals surface area contributed by atoms with Gasteiger partial charge in [0, 0.05) is 19.0 Å². The van der Waals surface area contributed by atoms with Crippen molar-refractivity contribution in [2.75, 3.05) is 0 Å². The Morgan fingerprint density at radius 1 is 1.42 bits per heavy atom. The highest BCUT2D eigenvalue weighted by Crippen LogP contribution is 2.21. The molecule has 0 unspecified atom stereocenters. The molecule has 2 N–H and O–H groups in total. The monoisotopic (exact) mass is 277 g/mol. The normalized spacial score (nSPS) is 12.4. The highest BCUT2D eigenvalue weighted by atomic mass is 35.5. The number of ketones is 1. The lowest BCUT2D eigenvalue weighted by Gasteiger charge is -2.10. The van der Waals surface area contributed by atoms with Crippen LogP contribution in [0.3, 0.4) is 0 Å². The Morgan fingerprint density at radius 3 is 2.58 bits per heavy atom. The molecule has 0 spiro atoms. The molecule has 0 aliphatic rings. The van der Waals surface area contributed by atoms with Gasteiger partial charge in [0.05, 0.1) is 11.7 Å². The van der Waals surface area contributed by atoms with Gasteiger partial charge in [0.1, 0.15) is 5.15 Å². The van der Waals surface area contributed by atoms with E-state index in [2.05, 4.69) is 5.10 Å². The summed E-state index contributed by atoms with van der Waals surface area (Å²) in [6.45, 7) is 1.84. The van der Waals surface area contributed by atoms with E-state index in [0.717, 1.165) is 16.8 Å². The van der Waals surface area contributed by atoms with Crippen molar-refractivity contribution in [1.82, 2.24) is 9.78 Å². The Labute approximate surface area is 117 Å². The summed E-state index contributed by atoms with van der Waals surface area (Å²) in [6, 6.07) is 8.69. The van der Waals surface area contributed by atoms with Gasteiger partial charge in [0.15, 0.2) is 5.78 Å². The van der Waals surface area contributed by atoms with Crippen LogP contribution in [-0.2, 0) is 18.3 Å². The maximum absolute atomic E-state index is 12.2. The molecule has 0 saturated carbocycles. The minimum Gasteiger partial charge on any atom is -0.318 e. The number of carbonyl (C=O) groups is 1. The largest absolute Gasteiger partial charge is 0.318 e. The van der Waals surface area contributed by atoms with E-state index >= 15 is 0 Å². The minimum absolute atomic E-state index is 0.0656. The summed E-state index contributed by atoms with van der Waals surface area (Å²) in [5.41, 5.74) is 8.30. The third kappa shape index (κ3) is 2.85.